The minimum absolute atomic E-state index is 0.00193. The fourth-order valence-electron chi connectivity index (χ4n) is 18.0. The van der Waals surface area contributed by atoms with Crippen LogP contribution in [0.4, 0.5) is 0 Å². The van der Waals surface area contributed by atoms with Gasteiger partial charge in [-0.3, -0.25) is 19.2 Å². The summed E-state index contributed by atoms with van der Waals surface area (Å²) < 4.78 is 22.9. The summed E-state index contributed by atoms with van der Waals surface area (Å²) in [4.78, 5) is 56.2. The van der Waals surface area contributed by atoms with Crippen LogP contribution >= 0.6 is 45.3 Å². The van der Waals surface area contributed by atoms with Gasteiger partial charge < -0.3 is 59.8 Å². The highest BCUT2D eigenvalue weighted by molar-refractivity contribution is 7.19. The number of nitrogens with zero attached hydrogens (tertiary/aromatic N) is 16. The number of nitriles is 4. The Kier molecular flexibility index (Phi) is 32.8. The summed E-state index contributed by atoms with van der Waals surface area (Å²) in [5.74, 6) is 2.85. The molecule has 4 amide bonds. The number of likely N-dealkylation sites (tertiary alicyclic amines) is 2. The molecule has 0 spiro atoms. The van der Waals surface area contributed by atoms with E-state index in [0.717, 1.165) is 188 Å². The van der Waals surface area contributed by atoms with Crippen LogP contribution in [0.2, 0.25) is 0 Å². The van der Waals surface area contributed by atoms with Crippen LogP contribution in [0, 0.1) is 45.3 Å². The number of likely N-dealkylation sites (N-methyl/N-ethyl adjacent to an activating group) is 2. The Bertz CT molecular complexity index is 6350. The second kappa shape index (κ2) is 45.7. The number of fused-ring (bicyclic) bond motifs is 4. The number of piperidine rings is 1. The Morgan fingerprint density at radius 2 is 0.577 bits per heavy atom. The zero-order valence-corrected chi connectivity index (χ0v) is 82.6. The highest BCUT2D eigenvalue weighted by atomic mass is 32.1. The molecule has 4 atom stereocenters. The predicted octanol–water partition coefficient (Wildman–Crippen LogP) is 18.2. The first kappa shape index (κ1) is 98.4. The maximum absolute atomic E-state index is 12.6. The SMILES string of the molecule is CC(C)Oc1ccc(-c2nnc(-c3cccc4c3CC[C@@H]4NCC(=O)N(C)C)s2)cc1C#N.CC(C)Oc1ccc(-c2nnc(-c3cccc4c3CC[C@@H]4NCC(=O)N3CCCC3)s2)cc1C#N.CC(C)Oc1ccc(-c2nnc(-c3cccc4c3CC[C@@H]4NCC(=O)N3CCCCC3)s2)cc1C#N.CC(C)Oc1ccc(-c2nnc(-c3cccc4c3CC[C@H]4NCC(=O)N(C)C)s2)cc1C#N. The molecule has 706 valence electrons. The zero-order valence-electron chi connectivity index (χ0n) is 79.4. The third-order valence-corrected chi connectivity index (χ3v) is 28.7. The fourth-order valence-corrected chi connectivity index (χ4v) is 21.6. The van der Waals surface area contributed by atoms with E-state index in [4.69, 9.17) is 18.9 Å². The second-order valence-corrected chi connectivity index (χ2v) is 40.0. The van der Waals surface area contributed by atoms with Gasteiger partial charge >= 0.3 is 0 Å². The molecule has 32 heteroatoms. The van der Waals surface area contributed by atoms with E-state index in [9.17, 15) is 40.2 Å². The third kappa shape index (κ3) is 23.9. The minimum atomic E-state index is -0.00410. The van der Waals surface area contributed by atoms with Gasteiger partial charge in [-0.2, -0.15) is 21.0 Å². The summed E-state index contributed by atoms with van der Waals surface area (Å²) in [6.07, 6.45) is 13.2. The maximum Gasteiger partial charge on any atom is 0.236 e. The molecule has 0 radical (unpaired) electrons. The average molecular weight is 1910 g/mol. The predicted molar refractivity (Wildman–Crippen MR) is 535 cm³/mol. The minimum Gasteiger partial charge on any atom is -0.490 e. The normalized spacial score (nSPS) is 15.9. The zero-order chi connectivity index (χ0) is 96.5. The number of carbonyl (C=O) groups is 4. The van der Waals surface area contributed by atoms with Crippen molar-refractivity contribution >= 4 is 69.0 Å². The van der Waals surface area contributed by atoms with E-state index in [1.807, 2.05) is 138 Å². The first-order valence-corrected chi connectivity index (χ1v) is 50.1. The molecule has 4 aliphatic carbocycles. The Hall–Kier alpha value is -13.1. The molecule has 18 rings (SSSR count). The lowest BCUT2D eigenvalue weighted by molar-refractivity contribution is -0.131. The third-order valence-electron chi connectivity index (χ3n) is 24.7. The van der Waals surface area contributed by atoms with Gasteiger partial charge in [0, 0.05) is 123 Å². The van der Waals surface area contributed by atoms with E-state index in [1.54, 1.807) is 50.1 Å². The number of aromatic nitrogens is 8. The molecule has 4 aromatic heterocycles. The number of ether oxygens (including phenoxy) is 4. The van der Waals surface area contributed by atoms with Crippen LogP contribution in [0.15, 0.2) is 146 Å². The number of hydrogen-bond acceptors (Lipinski definition) is 28. The van der Waals surface area contributed by atoms with E-state index in [2.05, 4.69) is 147 Å². The van der Waals surface area contributed by atoms with Crippen LogP contribution in [0.25, 0.3) is 84.6 Å². The van der Waals surface area contributed by atoms with Crippen molar-refractivity contribution < 1.29 is 38.1 Å². The smallest absolute Gasteiger partial charge is 0.236 e. The van der Waals surface area contributed by atoms with Crippen LogP contribution in [0.5, 0.6) is 23.0 Å². The first-order valence-electron chi connectivity index (χ1n) is 46.9. The molecule has 6 aliphatic rings. The van der Waals surface area contributed by atoms with Crippen molar-refractivity contribution in [2.24, 2.45) is 0 Å². The van der Waals surface area contributed by atoms with E-state index in [1.165, 1.54) is 96.3 Å². The van der Waals surface area contributed by atoms with E-state index in [-0.39, 0.29) is 72.2 Å². The van der Waals surface area contributed by atoms with Crippen LogP contribution in [-0.2, 0) is 44.9 Å². The van der Waals surface area contributed by atoms with Gasteiger partial charge in [0.2, 0.25) is 23.6 Å². The van der Waals surface area contributed by atoms with E-state index in [0.29, 0.717) is 71.4 Å². The number of amides is 4. The highest BCUT2D eigenvalue weighted by Gasteiger charge is 2.34. The van der Waals surface area contributed by atoms with Gasteiger partial charge in [0.15, 0.2) is 0 Å². The van der Waals surface area contributed by atoms with Crippen molar-refractivity contribution in [2.75, 3.05) is 80.5 Å². The standard InChI is InChI=1S/C28H31N5O2S.C27H29N5O2S.2C25H27N5O2S/c1-18(2)35-25-12-9-19(15-20(25)16-29)27-31-32-28(36-27)23-8-6-7-22-21(23)10-11-24(22)30-17-26(34)33-13-4-3-5-14-33;1-17(2)34-24-11-8-18(14-19(24)15-28)26-30-31-27(35-26)22-7-5-6-21-20(22)9-10-23(21)29-16-25(33)32-12-3-4-13-32;2*1-15(2)32-22-11-8-16(12-17(22)13-26)24-28-29-25(33-24)20-7-5-6-19-18(20)9-10-21(19)27-14-23(31)30(3)4/h6-9,12,15,18,24,30H,3-5,10-11,13-14,17H2,1-2H3;5-8,11,14,17,23,29H,3-4,9-10,12-13,16H2,1-2H3;2*5-8,11-12,15,21,27H,9-10,14H2,1-4H3/t24-;23-;2*21-/m0010/s1. The average Bonchev–Trinajstić information content (AvgIpc) is 1.64. The number of rotatable bonds is 28. The molecule has 137 heavy (non-hydrogen) atoms. The number of nitrogens with one attached hydrogen (secondary N) is 4. The van der Waals surface area contributed by atoms with Gasteiger partial charge in [0.1, 0.15) is 87.3 Å². The van der Waals surface area contributed by atoms with Gasteiger partial charge in [-0.25, -0.2) is 0 Å². The van der Waals surface area contributed by atoms with Gasteiger partial charge in [-0.1, -0.05) is 118 Å². The molecule has 6 heterocycles. The summed E-state index contributed by atoms with van der Waals surface area (Å²) in [7, 11) is 7.06. The summed E-state index contributed by atoms with van der Waals surface area (Å²) in [6, 6.07) is 56.9. The van der Waals surface area contributed by atoms with Crippen molar-refractivity contribution in [1.29, 1.82) is 21.0 Å². The molecule has 2 fully saturated rings. The molecule has 2 saturated heterocycles. The lowest BCUT2D eigenvalue weighted by atomic mass is 10.0. The van der Waals surface area contributed by atoms with E-state index < -0.39 is 0 Å². The Morgan fingerprint density at radius 3 is 0.810 bits per heavy atom. The largest absolute Gasteiger partial charge is 0.490 e. The summed E-state index contributed by atoms with van der Waals surface area (Å²) in [6.45, 7) is 20.4. The van der Waals surface area contributed by atoms with Gasteiger partial charge in [0.05, 0.1) is 72.8 Å². The Morgan fingerprint density at radius 1 is 0.343 bits per heavy atom. The molecule has 0 unspecified atom stereocenters. The molecule has 0 saturated carbocycles. The first-order chi connectivity index (χ1) is 66.3. The molecular weight excluding hydrogens is 1800 g/mol. The van der Waals surface area contributed by atoms with Gasteiger partial charge in [-0.15, -0.1) is 40.8 Å². The molecule has 4 N–H and O–H groups in total. The van der Waals surface area contributed by atoms with Gasteiger partial charge in [0.25, 0.3) is 0 Å². The van der Waals surface area contributed by atoms with E-state index >= 15 is 0 Å². The van der Waals surface area contributed by atoms with Crippen LogP contribution in [-0.4, -0.2) is 189 Å². The van der Waals surface area contributed by atoms with Crippen LogP contribution in [0.1, 0.15) is 204 Å². The molecule has 2 aliphatic heterocycles. The summed E-state index contributed by atoms with van der Waals surface area (Å²) in [5, 5.41) is 94.1. The molecule has 28 nitrogen and oxygen atoms in total. The van der Waals surface area contributed by atoms with Crippen LogP contribution < -0.4 is 40.2 Å². The number of benzene rings is 8. The molecular formula is C105H114N20O8S4. The van der Waals surface area contributed by atoms with Crippen LogP contribution in [0.3, 0.4) is 0 Å². The monoisotopic (exact) mass is 1910 g/mol. The summed E-state index contributed by atoms with van der Waals surface area (Å²) >= 11 is 6.08. The van der Waals surface area contributed by atoms with Crippen molar-refractivity contribution in [2.45, 2.75) is 187 Å². The topological polar surface area (TPSA) is 365 Å². The Labute approximate surface area is 816 Å². The summed E-state index contributed by atoms with van der Waals surface area (Å²) in [5.41, 5.74) is 19.7. The highest BCUT2D eigenvalue weighted by Crippen LogP contribution is 2.47. The molecule has 12 aromatic rings. The Balaban J connectivity index is 0.000000139. The maximum atomic E-state index is 12.6. The van der Waals surface area contributed by atoms with Crippen molar-refractivity contribution in [3.8, 4) is 132 Å². The van der Waals surface area contributed by atoms with Crippen molar-refractivity contribution in [3.05, 3.63) is 212 Å². The van der Waals surface area contributed by atoms with Crippen molar-refractivity contribution in [3.63, 3.8) is 0 Å². The second-order valence-electron chi connectivity index (χ2n) is 36.1. The lowest BCUT2D eigenvalue weighted by Crippen LogP contribution is -2.41. The van der Waals surface area contributed by atoms with Gasteiger partial charge in [-0.05, 0) is 256 Å². The number of carbonyl (C=O) groups excluding carboxylic acids is 4. The molecule has 8 aromatic carbocycles. The fraction of sp³-hybridized carbons (Fsp3) is 0.390. The van der Waals surface area contributed by atoms with Crippen molar-refractivity contribution in [1.82, 2.24) is 81.7 Å². The number of hydrogen-bond donors (Lipinski definition) is 4. The quantitative estimate of drug-likeness (QED) is 0.0354. The lowest BCUT2D eigenvalue weighted by Gasteiger charge is -2.27. The molecule has 0 bridgehead atoms.